The molecule has 2 heteroatoms. The molecule has 0 bridgehead atoms. The first kappa shape index (κ1) is 9.56. The molecule has 12 heavy (non-hydrogen) atoms. The lowest BCUT2D eigenvalue weighted by atomic mass is 9.88. The first-order valence-corrected chi connectivity index (χ1v) is 4.77. The predicted molar refractivity (Wildman–Crippen MR) is 49.9 cm³/mol. The van der Waals surface area contributed by atoms with Gasteiger partial charge in [0.25, 0.3) is 0 Å². The SMILES string of the molecule is CC(=O)N1CCCCC(C)(C)C1. The van der Waals surface area contributed by atoms with E-state index in [4.69, 9.17) is 0 Å². The molecule has 0 radical (unpaired) electrons. The molecule has 0 unspecified atom stereocenters. The van der Waals surface area contributed by atoms with Gasteiger partial charge in [-0.25, -0.2) is 0 Å². The first-order valence-electron chi connectivity index (χ1n) is 4.77. The maximum atomic E-state index is 11.2. The molecule has 0 saturated carbocycles. The zero-order valence-electron chi connectivity index (χ0n) is 8.39. The van der Waals surface area contributed by atoms with Gasteiger partial charge in [-0.3, -0.25) is 4.79 Å². The highest BCUT2D eigenvalue weighted by Gasteiger charge is 2.25. The lowest BCUT2D eigenvalue weighted by molar-refractivity contribution is -0.129. The molecule has 0 aliphatic carbocycles. The van der Waals surface area contributed by atoms with Crippen LogP contribution < -0.4 is 0 Å². The molecule has 70 valence electrons. The Bertz CT molecular complexity index is 175. The monoisotopic (exact) mass is 169 g/mol. The van der Waals surface area contributed by atoms with Gasteiger partial charge in [0.2, 0.25) is 5.91 Å². The Kier molecular flexibility index (Phi) is 2.76. The second-order valence-corrected chi connectivity index (χ2v) is 4.56. The molecule has 1 rings (SSSR count). The topological polar surface area (TPSA) is 20.3 Å². The van der Waals surface area contributed by atoms with Crippen LogP contribution in [0, 0.1) is 5.41 Å². The van der Waals surface area contributed by atoms with Gasteiger partial charge in [-0.2, -0.15) is 0 Å². The molecule has 1 fully saturated rings. The summed E-state index contributed by atoms with van der Waals surface area (Å²) in [6.07, 6.45) is 3.68. The van der Waals surface area contributed by atoms with Crippen LogP contribution in [-0.4, -0.2) is 23.9 Å². The van der Waals surface area contributed by atoms with Crippen LogP contribution in [-0.2, 0) is 4.79 Å². The highest BCUT2D eigenvalue weighted by molar-refractivity contribution is 5.73. The second kappa shape index (κ2) is 3.46. The van der Waals surface area contributed by atoms with Gasteiger partial charge in [-0.05, 0) is 18.3 Å². The van der Waals surface area contributed by atoms with Gasteiger partial charge in [0.15, 0.2) is 0 Å². The van der Waals surface area contributed by atoms with Crippen molar-refractivity contribution in [3.05, 3.63) is 0 Å². The van der Waals surface area contributed by atoms with Gasteiger partial charge in [0, 0.05) is 20.0 Å². The van der Waals surface area contributed by atoms with Crippen molar-refractivity contribution in [2.75, 3.05) is 13.1 Å². The minimum Gasteiger partial charge on any atom is -0.342 e. The Balaban J connectivity index is 2.60. The van der Waals surface area contributed by atoms with Crippen molar-refractivity contribution in [1.29, 1.82) is 0 Å². The Hall–Kier alpha value is -0.530. The molecule has 0 aromatic heterocycles. The second-order valence-electron chi connectivity index (χ2n) is 4.56. The van der Waals surface area contributed by atoms with Crippen LogP contribution >= 0.6 is 0 Å². The van der Waals surface area contributed by atoms with Crippen molar-refractivity contribution in [2.45, 2.75) is 40.0 Å². The number of hydrogen-bond donors (Lipinski definition) is 0. The number of likely N-dealkylation sites (tertiary alicyclic amines) is 1. The summed E-state index contributed by atoms with van der Waals surface area (Å²) in [5.74, 6) is 0.227. The summed E-state index contributed by atoms with van der Waals surface area (Å²) in [4.78, 5) is 13.1. The van der Waals surface area contributed by atoms with Crippen LogP contribution in [0.15, 0.2) is 0 Å². The third-order valence-electron chi connectivity index (χ3n) is 2.60. The fourth-order valence-corrected chi connectivity index (χ4v) is 1.85. The first-order chi connectivity index (χ1) is 5.51. The lowest BCUT2D eigenvalue weighted by Gasteiger charge is -2.28. The number of carbonyl (C=O) groups excluding carboxylic acids is 1. The normalized spacial score (nSPS) is 23.4. The van der Waals surface area contributed by atoms with E-state index in [0.717, 1.165) is 13.1 Å². The van der Waals surface area contributed by atoms with Gasteiger partial charge in [-0.1, -0.05) is 20.3 Å². The molecule has 1 saturated heterocycles. The maximum Gasteiger partial charge on any atom is 0.219 e. The Morgan fingerprint density at radius 2 is 2.00 bits per heavy atom. The van der Waals surface area contributed by atoms with Crippen molar-refractivity contribution >= 4 is 5.91 Å². The molecule has 0 aromatic rings. The van der Waals surface area contributed by atoms with Crippen LogP contribution in [0.1, 0.15) is 40.0 Å². The highest BCUT2D eigenvalue weighted by atomic mass is 16.2. The molecule has 0 aromatic carbocycles. The highest BCUT2D eigenvalue weighted by Crippen LogP contribution is 2.27. The summed E-state index contributed by atoms with van der Waals surface area (Å²) >= 11 is 0. The number of amides is 1. The number of carbonyl (C=O) groups is 1. The molecule has 2 nitrogen and oxygen atoms in total. The van der Waals surface area contributed by atoms with Crippen LogP contribution in [0.3, 0.4) is 0 Å². The van der Waals surface area contributed by atoms with Crippen molar-refractivity contribution in [2.24, 2.45) is 5.41 Å². The van der Waals surface area contributed by atoms with Gasteiger partial charge in [0.1, 0.15) is 0 Å². The minimum absolute atomic E-state index is 0.227. The van der Waals surface area contributed by atoms with Crippen molar-refractivity contribution < 1.29 is 4.79 Å². The van der Waals surface area contributed by atoms with Crippen molar-refractivity contribution in [3.63, 3.8) is 0 Å². The smallest absolute Gasteiger partial charge is 0.219 e. The molecule has 1 aliphatic heterocycles. The summed E-state index contributed by atoms with van der Waals surface area (Å²) in [7, 11) is 0. The standard InChI is InChI=1S/C10H19NO/c1-9(12)11-7-5-4-6-10(2,3)8-11/h4-8H2,1-3H3. The van der Waals surface area contributed by atoms with Crippen LogP contribution in [0.5, 0.6) is 0 Å². The molecule has 0 spiro atoms. The van der Waals surface area contributed by atoms with Crippen molar-refractivity contribution in [3.8, 4) is 0 Å². The van der Waals surface area contributed by atoms with Crippen molar-refractivity contribution in [1.82, 2.24) is 4.90 Å². The number of rotatable bonds is 0. The van der Waals surface area contributed by atoms with E-state index in [-0.39, 0.29) is 5.91 Å². The Morgan fingerprint density at radius 1 is 1.33 bits per heavy atom. The third-order valence-corrected chi connectivity index (χ3v) is 2.60. The van der Waals surface area contributed by atoms with E-state index in [9.17, 15) is 4.79 Å². The fourth-order valence-electron chi connectivity index (χ4n) is 1.85. The average Bonchev–Trinajstić information content (AvgIpc) is 2.10. The molecule has 0 N–H and O–H groups in total. The quantitative estimate of drug-likeness (QED) is 0.543. The number of nitrogens with zero attached hydrogens (tertiary/aromatic N) is 1. The van der Waals surface area contributed by atoms with Crippen LogP contribution in [0.4, 0.5) is 0 Å². The average molecular weight is 169 g/mol. The van der Waals surface area contributed by atoms with Gasteiger partial charge >= 0.3 is 0 Å². The molecule has 1 heterocycles. The zero-order chi connectivity index (χ0) is 9.19. The van der Waals surface area contributed by atoms with Gasteiger partial charge < -0.3 is 4.90 Å². The molecule has 1 amide bonds. The van der Waals surface area contributed by atoms with E-state index in [2.05, 4.69) is 13.8 Å². The Labute approximate surface area is 74.9 Å². The lowest BCUT2D eigenvalue weighted by Crippen LogP contribution is -2.35. The van der Waals surface area contributed by atoms with E-state index >= 15 is 0 Å². The van der Waals surface area contributed by atoms with E-state index in [0.29, 0.717) is 5.41 Å². The summed E-state index contributed by atoms with van der Waals surface area (Å²) in [6, 6.07) is 0. The van der Waals surface area contributed by atoms with E-state index in [1.54, 1.807) is 6.92 Å². The molecular formula is C10H19NO. The van der Waals surface area contributed by atoms with E-state index in [1.807, 2.05) is 4.90 Å². The fraction of sp³-hybridized carbons (Fsp3) is 0.900. The number of hydrogen-bond acceptors (Lipinski definition) is 1. The summed E-state index contributed by atoms with van der Waals surface area (Å²) in [5, 5.41) is 0. The van der Waals surface area contributed by atoms with Gasteiger partial charge in [0.05, 0.1) is 0 Å². The summed E-state index contributed by atoms with van der Waals surface area (Å²) < 4.78 is 0. The minimum atomic E-state index is 0.227. The molecule has 0 atom stereocenters. The van der Waals surface area contributed by atoms with E-state index < -0.39 is 0 Å². The molecular weight excluding hydrogens is 150 g/mol. The van der Waals surface area contributed by atoms with Crippen LogP contribution in [0.25, 0.3) is 0 Å². The largest absolute Gasteiger partial charge is 0.342 e. The zero-order valence-corrected chi connectivity index (χ0v) is 8.39. The van der Waals surface area contributed by atoms with Gasteiger partial charge in [-0.15, -0.1) is 0 Å². The van der Waals surface area contributed by atoms with Crippen LogP contribution in [0.2, 0.25) is 0 Å². The predicted octanol–water partition coefficient (Wildman–Crippen LogP) is 2.04. The van der Waals surface area contributed by atoms with E-state index in [1.165, 1.54) is 19.3 Å². The molecule has 1 aliphatic rings. The summed E-state index contributed by atoms with van der Waals surface area (Å²) in [6.45, 7) is 8.05. The third kappa shape index (κ3) is 2.50. The maximum absolute atomic E-state index is 11.2. The Morgan fingerprint density at radius 3 is 2.58 bits per heavy atom. The summed E-state index contributed by atoms with van der Waals surface area (Å²) in [5.41, 5.74) is 0.322.